The summed E-state index contributed by atoms with van der Waals surface area (Å²) in [6, 6.07) is 14.8. The molecule has 1 aromatic heterocycles. The fourth-order valence-corrected chi connectivity index (χ4v) is 3.95. The van der Waals surface area contributed by atoms with Crippen molar-refractivity contribution in [2.24, 2.45) is 5.41 Å². The summed E-state index contributed by atoms with van der Waals surface area (Å²) in [5.74, 6) is -0.834. The summed E-state index contributed by atoms with van der Waals surface area (Å²) in [6.45, 7) is 10.5. The van der Waals surface area contributed by atoms with E-state index in [9.17, 15) is 9.59 Å². The minimum atomic E-state index is -0.526. The van der Waals surface area contributed by atoms with Crippen molar-refractivity contribution in [3.05, 3.63) is 59.7 Å². The first-order valence-corrected chi connectivity index (χ1v) is 10.4. The van der Waals surface area contributed by atoms with Gasteiger partial charge in [-0.05, 0) is 55.5 Å². The molecule has 3 rings (SSSR count). The van der Waals surface area contributed by atoms with Crippen LogP contribution in [0.3, 0.4) is 0 Å². The molecule has 164 valence electrons. The van der Waals surface area contributed by atoms with Gasteiger partial charge in [-0.2, -0.15) is 0 Å². The van der Waals surface area contributed by atoms with Gasteiger partial charge in [0.15, 0.2) is 6.61 Å². The van der Waals surface area contributed by atoms with Crippen LogP contribution >= 0.6 is 0 Å². The van der Waals surface area contributed by atoms with Crippen molar-refractivity contribution >= 4 is 22.9 Å². The Balaban J connectivity index is 1.54. The maximum Gasteiger partial charge on any atom is 0.338 e. The molecule has 3 aromatic rings. The zero-order valence-corrected chi connectivity index (χ0v) is 18.8. The summed E-state index contributed by atoms with van der Waals surface area (Å²) in [4.78, 5) is 24.5. The third-order valence-corrected chi connectivity index (χ3v) is 4.73. The lowest BCUT2D eigenvalue weighted by Gasteiger charge is -2.33. The number of nitrogens with zero attached hydrogens (tertiary/aromatic N) is 3. The number of hydrogen-bond donors (Lipinski definition) is 1. The van der Waals surface area contributed by atoms with E-state index in [4.69, 9.17) is 4.74 Å². The van der Waals surface area contributed by atoms with Gasteiger partial charge in [0.05, 0.1) is 17.6 Å². The summed E-state index contributed by atoms with van der Waals surface area (Å²) in [7, 11) is 0. The van der Waals surface area contributed by atoms with Gasteiger partial charge in [0.25, 0.3) is 5.91 Å². The summed E-state index contributed by atoms with van der Waals surface area (Å²) >= 11 is 0. The molecule has 0 radical (unpaired) electrons. The number of aromatic nitrogens is 3. The molecule has 1 N–H and O–H groups in total. The van der Waals surface area contributed by atoms with E-state index >= 15 is 0 Å². The Morgan fingerprint density at radius 1 is 1.00 bits per heavy atom. The standard InChI is InChI=1S/C24H30N4O3/c1-23(2,3)16-24(4,5)25-21(29)15-31-22(30)18-12-10-17(11-13-18)14-28-20-9-7-6-8-19(20)26-27-28/h6-13H,14-16H2,1-5H3,(H,25,29). The average Bonchev–Trinajstić information content (AvgIpc) is 3.07. The molecule has 7 heteroatoms. The van der Waals surface area contributed by atoms with Gasteiger partial charge in [0.2, 0.25) is 0 Å². The van der Waals surface area contributed by atoms with Crippen LogP contribution < -0.4 is 5.32 Å². The van der Waals surface area contributed by atoms with E-state index in [1.165, 1.54) is 0 Å². The SMILES string of the molecule is CC(C)(C)CC(C)(C)NC(=O)COC(=O)c1ccc(Cn2nnc3ccccc32)cc1. The second kappa shape index (κ2) is 8.88. The van der Waals surface area contributed by atoms with Crippen LogP contribution in [0.15, 0.2) is 48.5 Å². The molecule has 0 aliphatic heterocycles. The van der Waals surface area contributed by atoms with Crippen LogP contribution in [0.4, 0.5) is 0 Å². The highest BCUT2D eigenvalue weighted by Gasteiger charge is 2.27. The summed E-state index contributed by atoms with van der Waals surface area (Å²) in [5.41, 5.74) is 2.86. The minimum Gasteiger partial charge on any atom is -0.452 e. The molecule has 2 aromatic carbocycles. The normalized spacial score (nSPS) is 12.0. The van der Waals surface area contributed by atoms with Crippen molar-refractivity contribution in [2.45, 2.75) is 53.1 Å². The Labute approximate surface area is 182 Å². The van der Waals surface area contributed by atoms with Gasteiger partial charge < -0.3 is 10.1 Å². The Morgan fingerprint density at radius 2 is 1.68 bits per heavy atom. The number of esters is 1. The minimum absolute atomic E-state index is 0.0771. The smallest absolute Gasteiger partial charge is 0.338 e. The van der Waals surface area contributed by atoms with Gasteiger partial charge in [0.1, 0.15) is 5.52 Å². The van der Waals surface area contributed by atoms with Crippen LogP contribution in [0.25, 0.3) is 11.0 Å². The summed E-state index contributed by atoms with van der Waals surface area (Å²) < 4.78 is 7.00. The van der Waals surface area contributed by atoms with E-state index in [1.807, 2.05) is 54.9 Å². The van der Waals surface area contributed by atoms with Crippen molar-refractivity contribution in [1.29, 1.82) is 0 Å². The molecule has 31 heavy (non-hydrogen) atoms. The highest BCUT2D eigenvalue weighted by Crippen LogP contribution is 2.26. The number of fused-ring (bicyclic) bond motifs is 1. The fourth-order valence-electron chi connectivity index (χ4n) is 3.95. The molecule has 0 saturated heterocycles. The maximum atomic E-state index is 12.3. The van der Waals surface area contributed by atoms with E-state index in [-0.39, 0.29) is 23.5 Å². The zero-order valence-electron chi connectivity index (χ0n) is 18.8. The highest BCUT2D eigenvalue weighted by atomic mass is 16.5. The van der Waals surface area contributed by atoms with Crippen LogP contribution in [-0.4, -0.2) is 39.0 Å². The van der Waals surface area contributed by atoms with Gasteiger partial charge >= 0.3 is 5.97 Å². The molecule has 0 aliphatic carbocycles. The van der Waals surface area contributed by atoms with Gasteiger partial charge in [-0.25, -0.2) is 9.48 Å². The predicted octanol–water partition coefficient (Wildman–Crippen LogP) is 3.97. The van der Waals surface area contributed by atoms with Gasteiger partial charge in [-0.15, -0.1) is 5.10 Å². The molecule has 0 unspecified atom stereocenters. The van der Waals surface area contributed by atoms with Gasteiger partial charge in [-0.3, -0.25) is 4.79 Å². The molecule has 0 spiro atoms. The predicted molar refractivity (Wildman–Crippen MR) is 120 cm³/mol. The lowest BCUT2D eigenvalue weighted by Crippen LogP contribution is -2.47. The third-order valence-electron chi connectivity index (χ3n) is 4.73. The number of carbonyl (C=O) groups is 2. The number of hydrogen-bond acceptors (Lipinski definition) is 5. The fraction of sp³-hybridized carbons (Fsp3) is 0.417. The lowest BCUT2D eigenvalue weighted by molar-refractivity contribution is -0.126. The Bertz CT molecular complexity index is 1060. The summed E-state index contributed by atoms with van der Waals surface area (Å²) in [6.07, 6.45) is 0.808. The topological polar surface area (TPSA) is 86.1 Å². The van der Waals surface area contributed by atoms with Crippen molar-refractivity contribution in [2.75, 3.05) is 6.61 Å². The monoisotopic (exact) mass is 422 g/mol. The second-order valence-corrected chi connectivity index (χ2v) is 9.68. The molecule has 7 nitrogen and oxygen atoms in total. The first kappa shape index (κ1) is 22.5. The molecule has 0 fully saturated rings. The second-order valence-electron chi connectivity index (χ2n) is 9.68. The van der Waals surface area contributed by atoms with E-state index in [2.05, 4.69) is 36.4 Å². The van der Waals surface area contributed by atoms with Crippen molar-refractivity contribution in [3.63, 3.8) is 0 Å². The van der Waals surface area contributed by atoms with Crippen LogP contribution in [0.5, 0.6) is 0 Å². The molecule has 1 heterocycles. The number of nitrogens with one attached hydrogen (secondary N) is 1. The van der Waals surface area contributed by atoms with Crippen molar-refractivity contribution in [1.82, 2.24) is 20.3 Å². The van der Waals surface area contributed by atoms with Crippen molar-refractivity contribution < 1.29 is 14.3 Å². The molecular formula is C24H30N4O3. The Kier molecular flexibility index (Phi) is 6.43. The number of para-hydroxylation sites is 1. The van der Waals surface area contributed by atoms with E-state index in [0.717, 1.165) is 23.0 Å². The number of amides is 1. The Morgan fingerprint density at radius 3 is 2.35 bits per heavy atom. The Hall–Kier alpha value is -3.22. The molecule has 0 atom stereocenters. The summed E-state index contributed by atoms with van der Waals surface area (Å²) in [5, 5.41) is 11.3. The highest BCUT2D eigenvalue weighted by molar-refractivity contribution is 5.91. The first-order chi connectivity index (χ1) is 14.5. The number of carbonyl (C=O) groups excluding carboxylic acids is 2. The van der Waals surface area contributed by atoms with Crippen LogP contribution in [0, 0.1) is 5.41 Å². The van der Waals surface area contributed by atoms with Crippen molar-refractivity contribution in [3.8, 4) is 0 Å². The van der Waals surface area contributed by atoms with Crippen LogP contribution in [-0.2, 0) is 16.1 Å². The largest absolute Gasteiger partial charge is 0.452 e. The lowest BCUT2D eigenvalue weighted by atomic mass is 9.82. The van der Waals surface area contributed by atoms with E-state index in [1.54, 1.807) is 12.1 Å². The van der Waals surface area contributed by atoms with E-state index < -0.39 is 5.97 Å². The number of benzene rings is 2. The average molecular weight is 423 g/mol. The van der Waals surface area contributed by atoms with Gasteiger partial charge in [0, 0.05) is 5.54 Å². The number of rotatable bonds is 7. The molecule has 0 bridgehead atoms. The zero-order chi connectivity index (χ0) is 22.6. The maximum absolute atomic E-state index is 12.3. The number of ether oxygens (including phenoxy) is 1. The molecular weight excluding hydrogens is 392 g/mol. The molecule has 1 amide bonds. The van der Waals surface area contributed by atoms with Crippen LogP contribution in [0.2, 0.25) is 0 Å². The van der Waals surface area contributed by atoms with E-state index in [0.29, 0.717) is 12.1 Å². The first-order valence-electron chi connectivity index (χ1n) is 10.4. The molecule has 0 aliphatic rings. The quantitative estimate of drug-likeness (QED) is 0.582. The molecule has 0 saturated carbocycles. The third kappa shape index (κ3) is 6.38. The van der Waals surface area contributed by atoms with Crippen LogP contribution in [0.1, 0.15) is 57.0 Å². The van der Waals surface area contributed by atoms with Gasteiger partial charge in [-0.1, -0.05) is 50.3 Å².